The molecule has 4 aromatic carbocycles. The van der Waals surface area contributed by atoms with Crippen LogP contribution in [0.5, 0.6) is 5.75 Å². The fourth-order valence-corrected chi connectivity index (χ4v) is 6.04. The van der Waals surface area contributed by atoms with E-state index < -0.39 is 5.25 Å². The van der Waals surface area contributed by atoms with Gasteiger partial charge in [0.1, 0.15) is 11.0 Å². The zero-order valence-corrected chi connectivity index (χ0v) is 22.9. The summed E-state index contributed by atoms with van der Waals surface area (Å²) in [4.78, 5) is 31.6. The van der Waals surface area contributed by atoms with E-state index in [2.05, 4.69) is 15.6 Å². The van der Waals surface area contributed by atoms with Crippen LogP contribution in [0.3, 0.4) is 0 Å². The number of aromatic nitrogens is 1. The molecule has 0 aliphatic rings. The van der Waals surface area contributed by atoms with Gasteiger partial charge < -0.3 is 15.4 Å². The van der Waals surface area contributed by atoms with E-state index in [1.807, 2.05) is 110 Å². The molecule has 5 aromatic rings. The van der Waals surface area contributed by atoms with Gasteiger partial charge in [0.25, 0.3) is 0 Å². The zero-order chi connectivity index (χ0) is 27.0. The quantitative estimate of drug-likeness (QED) is 0.177. The minimum Gasteiger partial charge on any atom is -0.494 e. The Balaban J connectivity index is 1.32. The first-order valence-corrected chi connectivity index (χ1v) is 14.3. The Kier molecular flexibility index (Phi) is 8.55. The summed E-state index contributed by atoms with van der Waals surface area (Å²) in [5, 5.41) is 6.00. The number of hydrogen-bond donors (Lipinski definition) is 2. The van der Waals surface area contributed by atoms with Crippen molar-refractivity contribution in [3.63, 3.8) is 0 Å². The van der Waals surface area contributed by atoms with Crippen molar-refractivity contribution in [1.29, 1.82) is 0 Å². The SMILES string of the molecule is CCOc1ccc2nc(NC(=O)C(Sc3cccc(NC(=O)Cc4ccccc4)c3)c3ccccc3)sc2c1. The molecule has 0 radical (unpaired) electrons. The van der Waals surface area contributed by atoms with Crippen molar-refractivity contribution in [1.82, 2.24) is 4.98 Å². The van der Waals surface area contributed by atoms with Crippen LogP contribution in [0.15, 0.2) is 108 Å². The van der Waals surface area contributed by atoms with Gasteiger partial charge in [-0.2, -0.15) is 0 Å². The van der Waals surface area contributed by atoms with Crippen molar-refractivity contribution >= 4 is 55.9 Å². The number of rotatable bonds is 10. The molecule has 1 atom stereocenters. The largest absolute Gasteiger partial charge is 0.494 e. The highest BCUT2D eigenvalue weighted by Crippen LogP contribution is 2.38. The molecule has 0 saturated carbocycles. The van der Waals surface area contributed by atoms with Gasteiger partial charge in [0, 0.05) is 10.6 Å². The molecular formula is C31H27N3O3S2. The highest BCUT2D eigenvalue weighted by molar-refractivity contribution is 8.00. The lowest BCUT2D eigenvalue weighted by Gasteiger charge is -2.17. The van der Waals surface area contributed by atoms with E-state index in [1.165, 1.54) is 23.1 Å². The molecule has 39 heavy (non-hydrogen) atoms. The fraction of sp³-hybridized carbons (Fsp3) is 0.129. The van der Waals surface area contributed by atoms with Crippen LogP contribution in [0, 0.1) is 0 Å². The maximum Gasteiger partial charge on any atom is 0.244 e. The lowest BCUT2D eigenvalue weighted by Crippen LogP contribution is -2.19. The summed E-state index contributed by atoms with van der Waals surface area (Å²) < 4.78 is 6.54. The summed E-state index contributed by atoms with van der Waals surface area (Å²) in [5.41, 5.74) is 3.31. The van der Waals surface area contributed by atoms with Crippen LogP contribution < -0.4 is 15.4 Å². The Morgan fingerprint density at radius 2 is 1.67 bits per heavy atom. The third-order valence-electron chi connectivity index (χ3n) is 5.82. The number of nitrogens with one attached hydrogen (secondary N) is 2. The van der Waals surface area contributed by atoms with Gasteiger partial charge >= 0.3 is 0 Å². The molecule has 0 saturated heterocycles. The molecule has 1 aromatic heterocycles. The van der Waals surface area contributed by atoms with E-state index >= 15 is 0 Å². The molecule has 0 aliphatic carbocycles. The van der Waals surface area contributed by atoms with Crippen LogP contribution in [0.4, 0.5) is 10.8 Å². The second kappa shape index (κ2) is 12.6. The first kappa shape index (κ1) is 26.5. The maximum atomic E-state index is 13.6. The predicted molar refractivity (Wildman–Crippen MR) is 160 cm³/mol. The summed E-state index contributed by atoms with van der Waals surface area (Å²) in [7, 11) is 0. The Labute approximate surface area is 235 Å². The second-order valence-corrected chi connectivity index (χ2v) is 10.9. The number of amides is 2. The van der Waals surface area contributed by atoms with Crippen LogP contribution in [-0.4, -0.2) is 23.4 Å². The topological polar surface area (TPSA) is 80.3 Å². The van der Waals surface area contributed by atoms with Gasteiger partial charge in [0.05, 0.1) is 23.2 Å². The molecule has 0 spiro atoms. The highest BCUT2D eigenvalue weighted by Gasteiger charge is 2.23. The van der Waals surface area contributed by atoms with Crippen LogP contribution in [-0.2, 0) is 16.0 Å². The molecule has 196 valence electrons. The molecule has 0 fully saturated rings. The summed E-state index contributed by atoms with van der Waals surface area (Å²) in [6.45, 7) is 2.53. The van der Waals surface area contributed by atoms with Crippen molar-refractivity contribution in [2.75, 3.05) is 17.2 Å². The smallest absolute Gasteiger partial charge is 0.244 e. The number of ether oxygens (including phenoxy) is 1. The number of nitrogens with zero attached hydrogens (tertiary/aromatic N) is 1. The van der Waals surface area contributed by atoms with Gasteiger partial charge in [-0.15, -0.1) is 11.8 Å². The summed E-state index contributed by atoms with van der Waals surface area (Å²) in [6, 6.07) is 32.5. The first-order chi connectivity index (χ1) is 19.1. The van der Waals surface area contributed by atoms with Gasteiger partial charge in [-0.25, -0.2) is 4.98 Å². The van der Waals surface area contributed by atoms with Gasteiger partial charge in [-0.3, -0.25) is 9.59 Å². The molecule has 8 heteroatoms. The second-order valence-electron chi connectivity index (χ2n) is 8.72. The average molecular weight is 554 g/mol. The number of carbonyl (C=O) groups excluding carboxylic acids is 2. The van der Waals surface area contributed by atoms with E-state index in [4.69, 9.17) is 4.74 Å². The number of thiazole rings is 1. The molecule has 6 nitrogen and oxygen atoms in total. The number of anilines is 2. The number of carbonyl (C=O) groups is 2. The zero-order valence-electron chi connectivity index (χ0n) is 21.3. The van der Waals surface area contributed by atoms with Crippen molar-refractivity contribution < 1.29 is 14.3 Å². The van der Waals surface area contributed by atoms with Crippen molar-refractivity contribution in [3.8, 4) is 5.75 Å². The normalized spacial score (nSPS) is 11.6. The summed E-state index contributed by atoms with van der Waals surface area (Å²) in [5.74, 6) is 0.512. The fourth-order valence-electron chi connectivity index (χ4n) is 4.06. The van der Waals surface area contributed by atoms with E-state index in [0.29, 0.717) is 23.8 Å². The van der Waals surface area contributed by atoms with E-state index in [0.717, 1.165) is 32.0 Å². The molecule has 5 rings (SSSR count). The summed E-state index contributed by atoms with van der Waals surface area (Å²) >= 11 is 2.84. The molecule has 1 unspecified atom stereocenters. The standard InChI is InChI=1S/C31H27N3O3S2/c1-2-37-24-16-17-26-27(20-24)39-31(33-26)34-30(36)29(22-12-7-4-8-13-22)38-25-15-9-14-23(19-25)32-28(35)18-21-10-5-3-6-11-21/h3-17,19-20,29H,2,18H2,1H3,(H,32,35)(H,33,34,36). The van der Waals surface area contributed by atoms with Crippen LogP contribution in [0.2, 0.25) is 0 Å². The molecule has 2 amide bonds. The van der Waals surface area contributed by atoms with Crippen molar-refractivity contribution in [2.45, 2.75) is 23.5 Å². The molecule has 0 bridgehead atoms. The minimum absolute atomic E-state index is 0.0935. The maximum absolute atomic E-state index is 13.6. The molecular weight excluding hydrogens is 526 g/mol. The number of thioether (sulfide) groups is 1. The Hall–Kier alpha value is -4.14. The van der Waals surface area contributed by atoms with Gasteiger partial charge in [-0.05, 0) is 54.4 Å². The number of hydrogen-bond acceptors (Lipinski definition) is 6. The molecule has 1 heterocycles. The van der Waals surface area contributed by atoms with E-state index in [-0.39, 0.29) is 11.8 Å². The van der Waals surface area contributed by atoms with Gasteiger partial charge in [-0.1, -0.05) is 78.1 Å². The van der Waals surface area contributed by atoms with Crippen molar-refractivity contribution in [2.24, 2.45) is 0 Å². The predicted octanol–water partition coefficient (Wildman–Crippen LogP) is 7.35. The monoisotopic (exact) mass is 553 g/mol. The van der Waals surface area contributed by atoms with Crippen LogP contribution in [0.1, 0.15) is 23.3 Å². The Bertz CT molecular complexity index is 1570. The van der Waals surface area contributed by atoms with Crippen LogP contribution >= 0.6 is 23.1 Å². The number of fused-ring (bicyclic) bond motifs is 1. The summed E-state index contributed by atoms with van der Waals surface area (Å²) in [6.07, 6.45) is 0.293. The third kappa shape index (κ3) is 7.04. The van der Waals surface area contributed by atoms with Gasteiger partial charge in [0.2, 0.25) is 11.8 Å². The number of benzene rings is 4. The van der Waals surface area contributed by atoms with E-state index in [1.54, 1.807) is 0 Å². The third-order valence-corrected chi connectivity index (χ3v) is 8.00. The lowest BCUT2D eigenvalue weighted by atomic mass is 10.1. The lowest BCUT2D eigenvalue weighted by molar-refractivity contribution is -0.116. The van der Waals surface area contributed by atoms with Crippen molar-refractivity contribution in [3.05, 3.63) is 114 Å². The minimum atomic E-state index is -0.521. The van der Waals surface area contributed by atoms with Gasteiger partial charge in [0.15, 0.2) is 5.13 Å². The van der Waals surface area contributed by atoms with Crippen LogP contribution in [0.25, 0.3) is 10.2 Å². The molecule has 0 aliphatic heterocycles. The highest BCUT2D eigenvalue weighted by atomic mass is 32.2. The average Bonchev–Trinajstić information content (AvgIpc) is 3.34. The Morgan fingerprint density at radius 3 is 2.44 bits per heavy atom. The van der Waals surface area contributed by atoms with E-state index in [9.17, 15) is 9.59 Å². The molecule has 2 N–H and O–H groups in total. The Morgan fingerprint density at radius 1 is 0.897 bits per heavy atom. The first-order valence-electron chi connectivity index (χ1n) is 12.6.